The van der Waals surface area contributed by atoms with Crippen LogP contribution in [0.5, 0.6) is 0 Å². The first-order chi connectivity index (χ1) is 17.8. The molecular weight excluding hydrogens is 504 g/mol. The Kier molecular flexibility index (Phi) is 9.00. The van der Waals surface area contributed by atoms with Crippen LogP contribution >= 0.6 is 0 Å². The lowest BCUT2D eigenvalue weighted by atomic mass is 9.87. The molecule has 0 unspecified atom stereocenters. The smallest absolute Gasteiger partial charge is 0.291 e. The summed E-state index contributed by atoms with van der Waals surface area (Å²) < 4.78 is 31.2. The number of imidazole rings is 1. The van der Waals surface area contributed by atoms with Crippen LogP contribution in [-0.2, 0) is 21.3 Å². The van der Waals surface area contributed by atoms with Gasteiger partial charge in [-0.15, -0.1) is 0 Å². The zero-order valence-corrected chi connectivity index (χ0v) is 23.4. The number of hydrogen-bond donors (Lipinski definition) is 1. The van der Waals surface area contributed by atoms with Crippen molar-refractivity contribution in [2.75, 3.05) is 23.4 Å². The molecule has 1 aromatic heterocycles. The summed E-state index contributed by atoms with van der Waals surface area (Å²) in [5.41, 5.74) is 4.16. The Morgan fingerprint density at radius 3 is 2.73 bits per heavy atom. The van der Waals surface area contributed by atoms with E-state index >= 15 is 0 Å². The van der Waals surface area contributed by atoms with E-state index in [1.165, 1.54) is 5.57 Å². The number of hydrogen-bond acceptors (Lipinski definition) is 6. The summed E-state index contributed by atoms with van der Waals surface area (Å²) in [5.74, 6) is 0.381. The number of anilines is 1. The van der Waals surface area contributed by atoms with Crippen LogP contribution in [0.2, 0.25) is 19.1 Å². The molecule has 2 heterocycles. The fourth-order valence-electron chi connectivity index (χ4n) is 4.86. The van der Waals surface area contributed by atoms with E-state index in [0.29, 0.717) is 25.1 Å². The number of nitriles is 1. The van der Waals surface area contributed by atoms with E-state index in [9.17, 15) is 18.5 Å². The lowest BCUT2D eigenvalue weighted by Gasteiger charge is -2.24. The van der Waals surface area contributed by atoms with Gasteiger partial charge in [-0.3, -0.25) is 4.79 Å². The van der Waals surface area contributed by atoms with Crippen molar-refractivity contribution in [3.8, 4) is 6.07 Å². The quantitative estimate of drug-likeness (QED) is 0.355. The van der Waals surface area contributed by atoms with Crippen LogP contribution in [0.15, 0.2) is 30.5 Å². The molecule has 2 aliphatic rings. The van der Waals surface area contributed by atoms with Gasteiger partial charge in [-0.05, 0) is 73.8 Å². The molecule has 0 bridgehead atoms. The Labute approximate surface area is 221 Å². The monoisotopic (exact) mass is 539 g/mol. The van der Waals surface area contributed by atoms with Crippen molar-refractivity contribution in [1.82, 2.24) is 9.55 Å². The average molecular weight is 540 g/mol. The highest BCUT2D eigenvalue weighted by Crippen LogP contribution is 2.37. The van der Waals surface area contributed by atoms with Crippen LogP contribution in [0.25, 0.3) is 5.57 Å². The third kappa shape index (κ3) is 7.18. The number of rotatable bonds is 9. The second kappa shape index (κ2) is 12.2. The molecule has 8 nitrogen and oxygen atoms in total. The minimum Gasteiger partial charge on any atom is -0.361 e. The maximum Gasteiger partial charge on any atom is 0.291 e. The summed E-state index contributed by atoms with van der Waals surface area (Å²) >= 11 is 0. The fourth-order valence-corrected chi connectivity index (χ4v) is 6.91. The summed E-state index contributed by atoms with van der Waals surface area (Å²) in [5, 5.41) is 12.4. The van der Waals surface area contributed by atoms with Crippen LogP contribution in [0, 0.1) is 11.3 Å². The molecule has 2 aromatic rings. The Hall–Kier alpha value is -2.74. The van der Waals surface area contributed by atoms with E-state index in [0.717, 1.165) is 42.9 Å². The SMILES string of the molecule is C[Si](C)CCOCn1cc(C#N)nc1C(=O)Nc1ccc(C2CCS(=O)(=O)CC2)cc1C1=CCCCC1. The van der Waals surface area contributed by atoms with Crippen molar-refractivity contribution >= 4 is 35.8 Å². The standard InChI is InChI=1S/C27H35N4O4SSi/c1-37(2)15-12-35-19-31-18-23(17-28)29-26(31)27(32)30-25-9-8-22(20-10-13-36(33,34)14-11-20)16-24(25)21-6-4-3-5-7-21/h6,8-9,16,18,20H,3-5,7,10-15,19H2,1-2H3,(H,30,32). The van der Waals surface area contributed by atoms with Crippen molar-refractivity contribution in [2.24, 2.45) is 0 Å². The number of carbonyl (C=O) groups excluding carboxylic acids is 1. The minimum absolute atomic E-state index is 0.139. The van der Waals surface area contributed by atoms with Gasteiger partial charge >= 0.3 is 0 Å². The molecule has 4 rings (SSSR count). The Morgan fingerprint density at radius 1 is 1.27 bits per heavy atom. The average Bonchev–Trinajstić information content (AvgIpc) is 3.31. The van der Waals surface area contributed by atoms with Gasteiger partial charge in [-0.1, -0.05) is 25.2 Å². The van der Waals surface area contributed by atoms with Gasteiger partial charge in [0, 0.05) is 32.9 Å². The first kappa shape index (κ1) is 27.3. The van der Waals surface area contributed by atoms with Gasteiger partial charge in [-0.25, -0.2) is 13.4 Å². The summed E-state index contributed by atoms with van der Waals surface area (Å²) in [7, 11) is -3.34. The molecule has 1 radical (unpaired) electrons. The molecule has 10 heteroatoms. The highest BCUT2D eigenvalue weighted by molar-refractivity contribution is 7.91. The largest absolute Gasteiger partial charge is 0.361 e. The number of amides is 1. The van der Waals surface area contributed by atoms with Gasteiger partial charge in [-0.2, -0.15) is 5.26 Å². The normalized spacial score (nSPS) is 17.8. The van der Waals surface area contributed by atoms with Crippen molar-refractivity contribution < 1.29 is 17.9 Å². The van der Waals surface area contributed by atoms with Gasteiger partial charge in [0.2, 0.25) is 5.82 Å². The number of sulfone groups is 1. The molecule has 1 aromatic carbocycles. The second-order valence-corrected chi connectivity index (χ2v) is 15.4. The molecular formula is C27H35N4O4SSi. The van der Waals surface area contributed by atoms with E-state index < -0.39 is 24.5 Å². The number of nitrogens with one attached hydrogen (secondary N) is 1. The third-order valence-electron chi connectivity index (χ3n) is 7.03. The highest BCUT2D eigenvalue weighted by atomic mass is 32.2. The number of nitrogens with zero attached hydrogens (tertiary/aromatic N) is 3. The van der Waals surface area contributed by atoms with Gasteiger partial charge in [0.1, 0.15) is 22.6 Å². The molecule has 0 spiro atoms. The summed E-state index contributed by atoms with van der Waals surface area (Å²) in [4.78, 5) is 17.6. The van der Waals surface area contributed by atoms with Crippen LogP contribution < -0.4 is 5.32 Å². The van der Waals surface area contributed by atoms with E-state index in [4.69, 9.17) is 4.74 Å². The Balaban J connectivity index is 1.58. The second-order valence-electron chi connectivity index (χ2n) is 10.2. The summed E-state index contributed by atoms with van der Waals surface area (Å²) in [6.07, 6.45) is 9.21. The van der Waals surface area contributed by atoms with Crippen LogP contribution in [0.4, 0.5) is 5.69 Å². The predicted octanol–water partition coefficient (Wildman–Crippen LogP) is 4.99. The zero-order valence-electron chi connectivity index (χ0n) is 21.6. The number of carbonyl (C=O) groups is 1. The lowest BCUT2D eigenvalue weighted by Crippen LogP contribution is -2.22. The molecule has 0 atom stereocenters. The van der Waals surface area contributed by atoms with Crippen molar-refractivity contribution in [3.05, 3.63) is 53.1 Å². The number of aromatic nitrogens is 2. The predicted molar refractivity (Wildman–Crippen MR) is 147 cm³/mol. The van der Waals surface area contributed by atoms with Crippen molar-refractivity contribution in [3.63, 3.8) is 0 Å². The molecule has 1 amide bonds. The first-order valence-corrected chi connectivity index (χ1v) is 17.5. The van der Waals surface area contributed by atoms with Gasteiger partial charge in [0.25, 0.3) is 5.91 Å². The molecule has 1 aliphatic heterocycles. The maximum absolute atomic E-state index is 13.4. The number of benzene rings is 1. The maximum atomic E-state index is 13.4. The number of ether oxygens (including phenoxy) is 1. The van der Waals surface area contributed by atoms with E-state index in [2.05, 4.69) is 35.5 Å². The van der Waals surface area contributed by atoms with E-state index in [1.54, 1.807) is 10.8 Å². The summed E-state index contributed by atoms with van der Waals surface area (Å²) in [6.45, 7) is 5.20. The zero-order chi connectivity index (χ0) is 26.4. The fraction of sp³-hybridized carbons (Fsp3) is 0.519. The van der Waals surface area contributed by atoms with Gasteiger partial charge in [0.15, 0.2) is 5.69 Å². The molecule has 37 heavy (non-hydrogen) atoms. The Morgan fingerprint density at radius 2 is 2.05 bits per heavy atom. The lowest BCUT2D eigenvalue weighted by molar-refractivity contribution is 0.0811. The topological polar surface area (TPSA) is 114 Å². The molecule has 1 aliphatic carbocycles. The molecule has 1 N–H and O–H groups in total. The van der Waals surface area contributed by atoms with Crippen LogP contribution in [-0.4, -0.2) is 50.8 Å². The van der Waals surface area contributed by atoms with Crippen molar-refractivity contribution in [2.45, 2.75) is 70.3 Å². The van der Waals surface area contributed by atoms with Crippen molar-refractivity contribution in [1.29, 1.82) is 5.26 Å². The highest BCUT2D eigenvalue weighted by Gasteiger charge is 2.26. The van der Waals surface area contributed by atoms with Gasteiger partial charge < -0.3 is 14.6 Å². The first-order valence-electron chi connectivity index (χ1n) is 12.9. The van der Waals surface area contributed by atoms with E-state index in [-0.39, 0.29) is 35.7 Å². The van der Waals surface area contributed by atoms with Crippen LogP contribution in [0.3, 0.4) is 0 Å². The number of allylic oxidation sites excluding steroid dienone is 2. The molecule has 197 valence electrons. The third-order valence-corrected chi connectivity index (χ3v) is 9.95. The molecule has 1 fully saturated rings. The summed E-state index contributed by atoms with van der Waals surface area (Å²) in [6, 6.07) is 9.06. The van der Waals surface area contributed by atoms with Gasteiger partial charge in [0.05, 0.1) is 11.5 Å². The minimum atomic E-state index is -2.94. The molecule has 1 saturated heterocycles. The van der Waals surface area contributed by atoms with Crippen LogP contribution in [0.1, 0.15) is 71.9 Å². The molecule has 0 saturated carbocycles. The van der Waals surface area contributed by atoms with E-state index in [1.807, 2.05) is 18.2 Å². The Bertz CT molecular complexity index is 1300.